The van der Waals surface area contributed by atoms with Crippen LogP contribution in [-0.4, -0.2) is 22.8 Å². The Morgan fingerprint density at radius 1 is 1.20 bits per heavy atom. The van der Waals surface area contributed by atoms with Crippen molar-refractivity contribution in [1.82, 2.24) is 10.6 Å². The number of nitro benzene ring substituents is 1. The molecule has 8 heteroatoms. The first-order chi connectivity index (χ1) is 11.9. The van der Waals surface area contributed by atoms with Crippen LogP contribution in [0.3, 0.4) is 0 Å². The lowest BCUT2D eigenvalue weighted by molar-refractivity contribution is -0.385. The number of nitrogens with one attached hydrogen (secondary N) is 2. The lowest BCUT2D eigenvalue weighted by Crippen LogP contribution is -2.49. The number of carbonyl (C=O) groups excluding carboxylic acids is 2. The fourth-order valence-electron chi connectivity index (χ4n) is 2.29. The second-order valence-corrected chi connectivity index (χ2v) is 6.72. The molecule has 2 amide bonds. The Labute approximate surface area is 149 Å². The zero-order valence-electron chi connectivity index (χ0n) is 13.9. The molecule has 0 aliphatic heterocycles. The van der Waals surface area contributed by atoms with Crippen molar-refractivity contribution < 1.29 is 14.5 Å². The van der Waals surface area contributed by atoms with E-state index in [9.17, 15) is 19.7 Å². The first kappa shape index (κ1) is 18.6. The van der Waals surface area contributed by atoms with E-state index in [4.69, 9.17) is 0 Å². The molecule has 0 fully saturated rings. The summed E-state index contributed by atoms with van der Waals surface area (Å²) in [6.45, 7) is 3.67. The second kappa shape index (κ2) is 8.39. The van der Waals surface area contributed by atoms with E-state index in [0.29, 0.717) is 10.4 Å². The smallest absolute Gasteiger partial charge is 0.274 e. The fraction of sp³-hybridized carbons (Fsp3) is 0.294. The summed E-state index contributed by atoms with van der Waals surface area (Å²) in [5.41, 5.74) is 0.361. The molecule has 0 aliphatic rings. The molecule has 0 saturated carbocycles. The first-order valence-electron chi connectivity index (χ1n) is 7.74. The van der Waals surface area contributed by atoms with Gasteiger partial charge in [-0.05, 0) is 17.4 Å². The highest BCUT2D eigenvalue weighted by Gasteiger charge is 2.25. The summed E-state index contributed by atoms with van der Waals surface area (Å²) in [7, 11) is 0. The summed E-state index contributed by atoms with van der Waals surface area (Å²) < 4.78 is 0. The Kier molecular flexibility index (Phi) is 6.24. The highest BCUT2D eigenvalue weighted by atomic mass is 32.1. The number of nitrogens with zero attached hydrogens (tertiary/aromatic N) is 1. The largest absolute Gasteiger partial charge is 0.350 e. The molecule has 0 spiro atoms. The number of amides is 2. The van der Waals surface area contributed by atoms with E-state index >= 15 is 0 Å². The SMILES string of the molecule is CC(C)C(NC(=O)c1cccs1)C(=O)NCc1ccccc1[N+](=O)[O-]. The van der Waals surface area contributed by atoms with Gasteiger partial charge in [0.05, 0.1) is 9.80 Å². The molecule has 1 heterocycles. The highest BCUT2D eigenvalue weighted by Crippen LogP contribution is 2.17. The van der Waals surface area contributed by atoms with Gasteiger partial charge in [-0.25, -0.2) is 0 Å². The number of hydrogen-bond acceptors (Lipinski definition) is 5. The van der Waals surface area contributed by atoms with Crippen LogP contribution in [0.25, 0.3) is 0 Å². The molecule has 2 N–H and O–H groups in total. The molecule has 0 radical (unpaired) electrons. The summed E-state index contributed by atoms with van der Waals surface area (Å²) >= 11 is 1.29. The minimum absolute atomic E-state index is 0.0219. The summed E-state index contributed by atoms with van der Waals surface area (Å²) in [5.74, 6) is -0.817. The van der Waals surface area contributed by atoms with Crippen LogP contribution in [0, 0.1) is 16.0 Å². The topological polar surface area (TPSA) is 101 Å². The molecule has 2 aromatic rings. The normalized spacial score (nSPS) is 11.8. The third-order valence-electron chi connectivity index (χ3n) is 3.62. The fourth-order valence-corrected chi connectivity index (χ4v) is 2.91. The molecule has 0 aliphatic carbocycles. The lowest BCUT2D eigenvalue weighted by atomic mass is 10.0. The van der Waals surface area contributed by atoms with Crippen LogP contribution in [0.5, 0.6) is 0 Å². The Morgan fingerprint density at radius 3 is 2.52 bits per heavy atom. The van der Waals surface area contributed by atoms with Gasteiger partial charge in [0.25, 0.3) is 11.6 Å². The molecule has 1 aromatic carbocycles. The number of thiophene rings is 1. The van der Waals surface area contributed by atoms with E-state index in [1.807, 2.05) is 13.8 Å². The van der Waals surface area contributed by atoms with Crippen LogP contribution in [0.1, 0.15) is 29.1 Å². The molecule has 0 saturated heterocycles. The van der Waals surface area contributed by atoms with Crippen LogP contribution in [0.15, 0.2) is 41.8 Å². The Hall–Kier alpha value is -2.74. The van der Waals surface area contributed by atoms with E-state index in [1.165, 1.54) is 17.4 Å². The summed E-state index contributed by atoms with van der Waals surface area (Å²) in [6, 6.07) is 8.94. The maximum Gasteiger partial charge on any atom is 0.274 e. The third kappa shape index (κ3) is 4.87. The molecule has 132 valence electrons. The average Bonchev–Trinajstić information content (AvgIpc) is 3.12. The summed E-state index contributed by atoms with van der Waals surface area (Å²) in [4.78, 5) is 35.7. The number of para-hydroxylation sites is 1. The highest BCUT2D eigenvalue weighted by molar-refractivity contribution is 7.12. The minimum Gasteiger partial charge on any atom is -0.350 e. The maximum absolute atomic E-state index is 12.5. The third-order valence-corrected chi connectivity index (χ3v) is 4.49. The van der Waals surface area contributed by atoms with Crippen molar-refractivity contribution in [2.75, 3.05) is 0 Å². The lowest BCUT2D eigenvalue weighted by Gasteiger charge is -2.21. The number of nitro groups is 1. The van der Waals surface area contributed by atoms with Crippen LogP contribution in [-0.2, 0) is 11.3 Å². The van der Waals surface area contributed by atoms with Gasteiger partial charge in [0, 0.05) is 18.2 Å². The predicted octanol–water partition coefficient (Wildman–Crippen LogP) is 2.73. The van der Waals surface area contributed by atoms with Crippen LogP contribution in [0.4, 0.5) is 5.69 Å². The van der Waals surface area contributed by atoms with E-state index in [0.717, 1.165) is 0 Å². The zero-order valence-corrected chi connectivity index (χ0v) is 14.7. The van der Waals surface area contributed by atoms with Crippen molar-refractivity contribution in [1.29, 1.82) is 0 Å². The number of rotatable bonds is 7. The van der Waals surface area contributed by atoms with Gasteiger partial charge < -0.3 is 10.6 Å². The van der Waals surface area contributed by atoms with Crippen molar-refractivity contribution in [3.63, 3.8) is 0 Å². The molecule has 1 atom stereocenters. The van der Waals surface area contributed by atoms with Crippen molar-refractivity contribution in [2.24, 2.45) is 5.92 Å². The van der Waals surface area contributed by atoms with Gasteiger partial charge in [0.2, 0.25) is 5.91 Å². The Bertz CT molecular complexity index is 759. The number of carbonyl (C=O) groups is 2. The van der Waals surface area contributed by atoms with Gasteiger partial charge >= 0.3 is 0 Å². The molecule has 7 nitrogen and oxygen atoms in total. The number of hydrogen-bond donors (Lipinski definition) is 2. The van der Waals surface area contributed by atoms with E-state index in [-0.39, 0.29) is 30.0 Å². The van der Waals surface area contributed by atoms with Crippen LogP contribution < -0.4 is 10.6 Å². The van der Waals surface area contributed by atoms with Gasteiger partial charge in [0.1, 0.15) is 6.04 Å². The van der Waals surface area contributed by atoms with Gasteiger partial charge in [-0.2, -0.15) is 0 Å². The molecule has 1 unspecified atom stereocenters. The maximum atomic E-state index is 12.5. The second-order valence-electron chi connectivity index (χ2n) is 5.78. The summed E-state index contributed by atoms with van der Waals surface area (Å²) in [5, 5.41) is 18.2. The van der Waals surface area contributed by atoms with Gasteiger partial charge in [-0.3, -0.25) is 19.7 Å². The minimum atomic E-state index is -0.725. The molecular weight excluding hydrogens is 342 g/mol. The molecule has 25 heavy (non-hydrogen) atoms. The average molecular weight is 361 g/mol. The van der Waals surface area contributed by atoms with E-state index < -0.39 is 11.0 Å². The van der Waals surface area contributed by atoms with E-state index in [1.54, 1.807) is 35.7 Å². The first-order valence-corrected chi connectivity index (χ1v) is 8.62. The summed E-state index contributed by atoms with van der Waals surface area (Å²) in [6.07, 6.45) is 0. The van der Waals surface area contributed by atoms with E-state index in [2.05, 4.69) is 10.6 Å². The van der Waals surface area contributed by atoms with Gasteiger partial charge in [0.15, 0.2) is 0 Å². The predicted molar refractivity (Wildman–Crippen MR) is 95.4 cm³/mol. The van der Waals surface area contributed by atoms with Crippen molar-refractivity contribution in [3.05, 3.63) is 62.3 Å². The van der Waals surface area contributed by atoms with Crippen LogP contribution in [0.2, 0.25) is 0 Å². The van der Waals surface area contributed by atoms with Gasteiger partial charge in [-0.15, -0.1) is 11.3 Å². The van der Waals surface area contributed by atoms with Crippen molar-refractivity contribution >= 4 is 28.8 Å². The molecule has 0 bridgehead atoms. The molecule has 2 rings (SSSR count). The molecule has 1 aromatic heterocycles. The number of benzene rings is 1. The van der Waals surface area contributed by atoms with Crippen LogP contribution >= 0.6 is 11.3 Å². The monoisotopic (exact) mass is 361 g/mol. The van der Waals surface area contributed by atoms with Gasteiger partial charge in [-0.1, -0.05) is 38.1 Å². The van der Waals surface area contributed by atoms with Crippen molar-refractivity contribution in [3.8, 4) is 0 Å². The zero-order chi connectivity index (χ0) is 18.4. The Balaban J connectivity index is 2.04. The standard InChI is InChI=1S/C17H19N3O4S/c1-11(2)15(19-16(21)14-8-5-9-25-14)17(22)18-10-12-6-3-4-7-13(12)20(23)24/h3-9,11,15H,10H2,1-2H3,(H,18,22)(H,19,21). The molecular formula is C17H19N3O4S. The quantitative estimate of drug-likeness (QED) is 0.585. The Morgan fingerprint density at radius 2 is 1.92 bits per heavy atom. The van der Waals surface area contributed by atoms with Crippen molar-refractivity contribution in [2.45, 2.75) is 26.4 Å².